The van der Waals surface area contributed by atoms with Crippen LogP contribution >= 0.6 is 0 Å². The van der Waals surface area contributed by atoms with Crippen LogP contribution in [0, 0.1) is 17.3 Å². The molecule has 122 valence electrons. The Hall–Kier alpha value is -1.57. The molecule has 0 saturated heterocycles. The van der Waals surface area contributed by atoms with Crippen molar-refractivity contribution in [1.29, 1.82) is 0 Å². The van der Waals surface area contributed by atoms with Gasteiger partial charge in [0, 0.05) is 6.08 Å². The Balaban J connectivity index is 2.70. The van der Waals surface area contributed by atoms with E-state index in [9.17, 15) is 4.79 Å². The number of aliphatic carboxylic acids is 1. The lowest BCUT2D eigenvalue weighted by atomic mass is 9.64. The summed E-state index contributed by atoms with van der Waals surface area (Å²) >= 11 is 0. The van der Waals surface area contributed by atoms with Crippen LogP contribution in [0.15, 0.2) is 47.6 Å². The summed E-state index contributed by atoms with van der Waals surface area (Å²) in [5.74, 6) is 0.461. The molecule has 2 atom stereocenters. The van der Waals surface area contributed by atoms with Crippen molar-refractivity contribution in [2.24, 2.45) is 17.3 Å². The van der Waals surface area contributed by atoms with Crippen molar-refractivity contribution in [1.82, 2.24) is 0 Å². The fourth-order valence-corrected chi connectivity index (χ4v) is 3.35. The SMILES string of the molecule is CC(/C=C/[C@H]1[C@H](C)CCCC1(C)C)=C\C=C\C(C)=C\C(=O)O. The highest BCUT2D eigenvalue weighted by Crippen LogP contribution is 2.44. The number of carbonyl (C=O) groups is 1. The third-order valence-corrected chi connectivity index (χ3v) is 4.63. The molecule has 0 aromatic carbocycles. The van der Waals surface area contributed by atoms with E-state index in [-0.39, 0.29) is 0 Å². The second-order valence-electron chi connectivity index (χ2n) is 7.24. The molecule has 0 aromatic heterocycles. The standard InChI is InChI=1S/C20H30O2/c1-15(8-6-9-16(2)14-19(21)22)11-12-18-17(3)10-7-13-20(18,4)5/h6,8-9,11-12,14,17-18H,7,10,13H2,1-5H3,(H,21,22)/b9-6+,12-11+,15-8+,16-14+/t17-,18+/m1/s1. The van der Waals surface area contributed by atoms with Crippen molar-refractivity contribution >= 4 is 5.97 Å². The minimum Gasteiger partial charge on any atom is -0.478 e. The van der Waals surface area contributed by atoms with Gasteiger partial charge in [-0.25, -0.2) is 4.79 Å². The van der Waals surface area contributed by atoms with E-state index in [1.165, 1.54) is 30.9 Å². The molecule has 1 fully saturated rings. The molecular formula is C20H30O2. The zero-order chi connectivity index (χ0) is 16.8. The van der Waals surface area contributed by atoms with E-state index < -0.39 is 5.97 Å². The second-order valence-corrected chi connectivity index (χ2v) is 7.24. The van der Waals surface area contributed by atoms with Crippen LogP contribution in [0.1, 0.15) is 53.9 Å². The summed E-state index contributed by atoms with van der Waals surface area (Å²) in [6.07, 6.45) is 15.5. The Labute approximate surface area is 135 Å². The van der Waals surface area contributed by atoms with E-state index in [1.807, 2.05) is 18.2 Å². The second kappa shape index (κ2) is 8.17. The molecule has 2 nitrogen and oxygen atoms in total. The first-order chi connectivity index (χ1) is 10.2. The number of hydrogen-bond donors (Lipinski definition) is 1. The highest BCUT2D eigenvalue weighted by atomic mass is 16.4. The lowest BCUT2D eigenvalue weighted by molar-refractivity contribution is -0.131. The van der Waals surface area contributed by atoms with Crippen LogP contribution in [0.3, 0.4) is 0 Å². The smallest absolute Gasteiger partial charge is 0.328 e. The Bertz CT molecular complexity index is 504. The summed E-state index contributed by atoms with van der Waals surface area (Å²) in [5.41, 5.74) is 2.31. The van der Waals surface area contributed by atoms with E-state index in [1.54, 1.807) is 6.92 Å². The zero-order valence-electron chi connectivity index (χ0n) is 14.6. The minimum absolute atomic E-state index is 0.380. The normalized spacial score (nSPS) is 26.8. The van der Waals surface area contributed by atoms with Crippen LogP contribution in [0.2, 0.25) is 0 Å². The minimum atomic E-state index is -0.906. The quantitative estimate of drug-likeness (QED) is 0.535. The molecule has 0 aromatic rings. The third kappa shape index (κ3) is 6.05. The fourth-order valence-electron chi connectivity index (χ4n) is 3.35. The summed E-state index contributed by atoms with van der Waals surface area (Å²) in [6, 6.07) is 0. The number of carboxylic acid groups (broad SMARTS) is 1. The average molecular weight is 302 g/mol. The van der Waals surface area contributed by atoms with Crippen LogP contribution in [0.25, 0.3) is 0 Å². The highest BCUT2D eigenvalue weighted by Gasteiger charge is 2.34. The molecule has 1 N–H and O–H groups in total. The Kier molecular flexibility index (Phi) is 6.86. The molecule has 0 bridgehead atoms. The number of rotatable bonds is 5. The first kappa shape index (κ1) is 18.5. The van der Waals surface area contributed by atoms with Crippen LogP contribution in [0.5, 0.6) is 0 Å². The van der Waals surface area contributed by atoms with E-state index in [2.05, 4.69) is 39.8 Å². The molecule has 1 aliphatic carbocycles. The number of allylic oxidation sites excluding steroid dienone is 7. The van der Waals surface area contributed by atoms with E-state index in [0.717, 1.165) is 11.5 Å². The molecule has 0 amide bonds. The topological polar surface area (TPSA) is 37.3 Å². The Morgan fingerprint density at radius 1 is 1.18 bits per heavy atom. The lowest BCUT2D eigenvalue weighted by Gasteiger charge is -2.41. The van der Waals surface area contributed by atoms with Gasteiger partial charge in [-0.1, -0.05) is 69.6 Å². The van der Waals surface area contributed by atoms with Crippen molar-refractivity contribution in [2.45, 2.75) is 53.9 Å². The maximum absolute atomic E-state index is 10.5. The van der Waals surface area contributed by atoms with Crippen molar-refractivity contribution in [2.75, 3.05) is 0 Å². The van der Waals surface area contributed by atoms with Gasteiger partial charge in [0.05, 0.1) is 0 Å². The Morgan fingerprint density at radius 2 is 1.86 bits per heavy atom. The van der Waals surface area contributed by atoms with Crippen LogP contribution in [-0.4, -0.2) is 11.1 Å². The average Bonchev–Trinajstić information content (AvgIpc) is 2.36. The molecule has 0 radical (unpaired) electrons. The van der Waals surface area contributed by atoms with E-state index in [4.69, 9.17) is 5.11 Å². The lowest BCUT2D eigenvalue weighted by Crippen LogP contribution is -2.32. The van der Waals surface area contributed by atoms with Gasteiger partial charge >= 0.3 is 5.97 Å². The summed E-state index contributed by atoms with van der Waals surface area (Å²) in [4.78, 5) is 10.5. The molecule has 0 aliphatic heterocycles. The highest BCUT2D eigenvalue weighted by molar-refractivity contribution is 5.81. The fraction of sp³-hybridized carbons (Fsp3) is 0.550. The van der Waals surface area contributed by atoms with Crippen LogP contribution < -0.4 is 0 Å². The molecule has 0 heterocycles. The van der Waals surface area contributed by atoms with Crippen molar-refractivity contribution in [3.05, 3.63) is 47.6 Å². The first-order valence-corrected chi connectivity index (χ1v) is 8.17. The maximum Gasteiger partial charge on any atom is 0.328 e. The van der Waals surface area contributed by atoms with Gasteiger partial charge in [-0.2, -0.15) is 0 Å². The molecular weight excluding hydrogens is 272 g/mol. The van der Waals surface area contributed by atoms with Gasteiger partial charge in [-0.3, -0.25) is 0 Å². The molecule has 2 heteroatoms. The van der Waals surface area contributed by atoms with Crippen molar-refractivity contribution < 1.29 is 9.90 Å². The van der Waals surface area contributed by atoms with E-state index >= 15 is 0 Å². The number of carboxylic acids is 1. The summed E-state index contributed by atoms with van der Waals surface area (Å²) < 4.78 is 0. The molecule has 1 saturated carbocycles. The van der Waals surface area contributed by atoms with E-state index in [0.29, 0.717) is 11.3 Å². The van der Waals surface area contributed by atoms with Crippen molar-refractivity contribution in [3.8, 4) is 0 Å². The van der Waals surface area contributed by atoms with Gasteiger partial charge in [0.2, 0.25) is 0 Å². The van der Waals surface area contributed by atoms with Gasteiger partial charge in [0.15, 0.2) is 0 Å². The monoisotopic (exact) mass is 302 g/mol. The summed E-state index contributed by atoms with van der Waals surface area (Å²) in [6.45, 7) is 11.0. The zero-order valence-corrected chi connectivity index (χ0v) is 14.6. The van der Waals surface area contributed by atoms with Gasteiger partial charge < -0.3 is 5.11 Å². The third-order valence-electron chi connectivity index (χ3n) is 4.63. The Morgan fingerprint density at radius 3 is 2.45 bits per heavy atom. The van der Waals surface area contributed by atoms with Gasteiger partial charge in [0.25, 0.3) is 0 Å². The number of hydrogen-bond acceptors (Lipinski definition) is 1. The summed E-state index contributed by atoms with van der Waals surface area (Å²) in [5, 5.41) is 8.66. The summed E-state index contributed by atoms with van der Waals surface area (Å²) in [7, 11) is 0. The molecule has 22 heavy (non-hydrogen) atoms. The van der Waals surface area contributed by atoms with Crippen LogP contribution in [0.4, 0.5) is 0 Å². The van der Waals surface area contributed by atoms with Crippen molar-refractivity contribution in [3.63, 3.8) is 0 Å². The predicted octanol–water partition coefficient (Wildman–Crippen LogP) is 5.54. The maximum atomic E-state index is 10.5. The molecule has 1 rings (SSSR count). The molecule has 0 unspecified atom stereocenters. The van der Waals surface area contributed by atoms with Gasteiger partial charge in [-0.15, -0.1) is 0 Å². The molecule has 1 aliphatic rings. The molecule has 0 spiro atoms. The first-order valence-electron chi connectivity index (χ1n) is 8.17. The largest absolute Gasteiger partial charge is 0.478 e. The van der Waals surface area contributed by atoms with Gasteiger partial charge in [0.1, 0.15) is 0 Å². The predicted molar refractivity (Wildman–Crippen MR) is 93.7 cm³/mol. The van der Waals surface area contributed by atoms with Crippen LogP contribution in [-0.2, 0) is 4.79 Å². The van der Waals surface area contributed by atoms with Gasteiger partial charge in [-0.05, 0) is 43.1 Å².